The summed E-state index contributed by atoms with van der Waals surface area (Å²) in [4.78, 5) is 23.8. The largest absolute Gasteiger partial charge is 0.273 e. The molecule has 0 heterocycles. The number of carbonyl (C=O) groups is 2. The minimum absolute atomic E-state index is 0.162. The number of hydrogen-bond acceptors (Lipinski definition) is 4. The Morgan fingerprint density at radius 1 is 0.917 bits per heavy atom. The predicted molar refractivity (Wildman–Crippen MR) is 92.9 cm³/mol. The zero-order valence-corrected chi connectivity index (χ0v) is 14.9. The Bertz CT molecular complexity index is 838. The Hall–Kier alpha value is -2.19. The van der Waals surface area contributed by atoms with Crippen molar-refractivity contribution < 1.29 is 18.0 Å². The third-order valence-corrected chi connectivity index (χ3v) is 5.56. The van der Waals surface area contributed by atoms with Gasteiger partial charge in [-0.05, 0) is 40.2 Å². The predicted octanol–water partition coefficient (Wildman–Crippen LogP) is 2.07. The lowest BCUT2D eigenvalue weighted by Crippen LogP contribution is -2.42. The average Bonchev–Trinajstić information content (AvgIpc) is 2.59. The van der Waals surface area contributed by atoms with Gasteiger partial charge in [0.15, 0.2) is 9.84 Å². The van der Waals surface area contributed by atoms with Gasteiger partial charge in [-0.15, -0.1) is 0 Å². The van der Waals surface area contributed by atoms with Crippen LogP contribution in [0, 0.1) is 0 Å². The van der Waals surface area contributed by atoms with E-state index in [0.717, 1.165) is 0 Å². The topological polar surface area (TPSA) is 92.3 Å². The lowest BCUT2D eigenvalue weighted by Gasteiger charge is -2.09. The number of sulfone groups is 1. The molecule has 0 radical (unpaired) electrons. The molecule has 0 spiro atoms. The maximum absolute atomic E-state index is 12.1. The highest BCUT2D eigenvalue weighted by molar-refractivity contribution is 9.10. The fourth-order valence-electron chi connectivity index (χ4n) is 1.87. The summed E-state index contributed by atoms with van der Waals surface area (Å²) < 4.78 is 24.7. The zero-order chi connectivity index (χ0) is 17.6. The summed E-state index contributed by atoms with van der Waals surface area (Å²) in [5.41, 5.74) is 4.82. The average molecular weight is 411 g/mol. The molecule has 2 amide bonds. The molecule has 2 aromatic rings. The van der Waals surface area contributed by atoms with Gasteiger partial charge in [-0.3, -0.25) is 20.4 Å². The Kier molecular flexibility index (Phi) is 6.10. The number of amides is 2. The molecule has 0 bridgehead atoms. The van der Waals surface area contributed by atoms with Crippen LogP contribution in [0.15, 0.2) is 64.0 Å². The molecule has 24 heavy (non-hydrogen) atoms. The van der Waals surface area contributed by atoms with E-state index in [1.165, 1.54) is 12.1 Å². The first-order valence-corrected chi connectivity index (χ1v) is 9.46. The minimum Gasteiger partial charge on any atom is -0.273 e. The van der Waals surface area contributed by atoms with Crippen LogP contribution in [-0.4, -0.2) is 26.0 Å². The molecule has 0 unspecified atom stereocenters. The lowest BCUT2D eigenvalue weighted by molar-refractivity contribution is -0.121. The molecule has 0 aliphatic carbocycles. The molecular formula is C16H15BrN2O4S. The Morgan fingerprint density at radius 3 is 2.21 bits per heavy atom. The van der Waals surface area contributed by atoms with E-state index in [1.54, 1.807) is 42.5 Å². The summed E-state index contributed by atoms with van der Waals surface area (Å²) >= 11 is 3.23. The number of carbonyl (C=O) groups excluding carboxylic acids is 2. The fourth-order valence-corrected chi connectivity index (χ4v) is 3.60. The smallest absolute Gasteiger partial charge is 0.270 e. The quantitative estimate of drug-likeness (QED) is 0.737. The molecule has 126 valence electrons. The van der Waals surface area contributed by atoms with Crippen LogP contribution in [0.1, 0.15) is 16.8 Å². The van der Waals surface area contributed by atoms with Crippen molar-refractivity contribution in [1.82, 2.24) is 10.9 Å². The van der Waals surface area contributed by atoms with Crippen molar-refractivity contribution in [1.29, 1.82) is 0 Å². The van der Waals surface area contributed by atoms with Gasteiger partial charge in [0.1, 0.15) is 0 Å². The van der Waals surface area contributed by atoms with Crippen molar-refractivity contribution in [2.45, 2.75) is 11.3 Å². The van der Waals surface area contributed by atoms with Crippen LogP contribution in [0.4, 0.5) is 0 Å². The van der Waals surface area contributed by atoms with Gasteiger partial charge >= 0.3 is 0 Å². The number of halogens is 1. The Balaban J connectivity index is 1.86. The molecule has 2 rings (SSSR count). The van der Waals surface area contributed by atoms with E-state index in [-0.39, 0.29) is 17.1 Å². The fraction of sp³-hybridized carbons (Fsp3) is 0.125. The first-order valence-electron chi connectivity index (χ1n) is 7.01. The summed E-state index contributed by atoms with van der Waals surface area (Å²) in [5.74, 6) is -1.43. The second-order valence-corrected chi connectivity index (χ2v) is 7.83. The molecule has 0 fully saturated rings. The first kappa shape index (κ1) is 18.2. The first-order chi connectivity index (χ1) is 11.4. The summed E-state index contributed by atoms with van der Waals surface area (Å²) in [5, 5.41) is 0. The Labute approximate surface area is 148 Å². The van der Waals surface area contributed by atoms with E-state index in [1.807, 2.05) is 0 Å². The van der Waals surface area contributed by atoms with Gasteiger partial charge in [-0.25, -0.2) is 8.42 Å². The molecule has 0 aliphatic heterocycles. The highest BCUT2D eigenvalue weighted by Gasteiger charge is 2.16. The van der Waals surface area contributed by atoms with Crippen LogP contribution < -0.4 is 10.9 Å². The van der Waals surface area contributed by atoms with Crippen molar-refractivity contribution >= 4 is 37.6 Å². The third-order valence-electron chi connectivity index (χ3n) is 3.13. The van der Waals surface area contributed by atoms with Crippen LogP contribution in [0.2, 0.25) is 0 Å². The Morgan fingerprint density at radius 2 is 1.54 bits per heavy atom. The lowest BCUT2D eigenvalue weighted by atomic mass is 10.2. The van der Waals surface area contributed by atoms with Gasteiger partial charge < -0.3 is 0 Å². The van der Waals surface area contributed by atoms with E-state index in [4.69, 9.17) is 0 Å². The SMILES string of the molecule is O=C(CCS(=O)(=O)c1ccccc1)NNC(=O)c1ccccc1Br. The van der Waals surface area contributed by atoms with Crippen LogP contribution >= 0.6 is 15.9 Å². The van der Waals surface area contributed by atoms with E-state index >= 15 is 0 Å². The van der Waals surface area contributed by atoms with Gasteiger partial charge in [0.05, 0.1) is 16.2 Å². The van der Waals surface area contributed by atoms with E-state index in [9.17, 15) is 18.0 Å². The monoisotopic (exact) mass is 410 g/mol. The summed E-state index contributed by atoms with van der Waals surface area (Å²) in [6, 6.07) is 14.6. The minimum atomic E-state index is -3.53. The van der Waals surface area contributed by atoms with Crippen molar-refractivity contribution in [2.75, 3.05) is 5.75 Å². The number of benzene rings is 2. The van der Waals surface area contributed by atoms with Gasteiger partial charge in [0.25, 0.3) is 5.91 Å². The van der Waals surface area contributed by atoms with Crippen molar-refractivity contribution in [3.63, 3.8) is 0 Å². The second kappa shape index (κ2) is 8.07. The molecule has 0 saturated carbocycles. The van der Waals surface area contributed by atoms with Crippen LogP contribution in [-0.2, 0) is 14.6 Å². The molecule has 0 saturated heterocycles. The molecule has 0 aromatic heterocycles. The van der Waals surface area contributed by atoms with Gasteiger partial charge in [0.2, 0.25) is 5.91 Å². The van der Waals surface area contributed by atoms with Crippen molar-refractivity contribution in [3.8, 4) is 0 Å². The van der Waals surface area contributed by atoms with Crippen LogP contribution in [0.5, 0.6) is 0 Å². The highest BCUT2D eigenvalue weighted by Crippen LogP contribution is 2.15. The van der Waals surface area contributed by atoms with E-state index < -0.39 is 21.7 Å². The molecule has 2 aromatic carbocycles. The van der Waals surface area contributed by atoms with Crippen LogP contribution in [0.3, 0.4) is 0 Å². The molecule has 2 N–H and O–H groups in total. The number of hydrazine groups is 1. The van der Waals surface area contributed by atoms with Gasteiger partial charge in [-0.2, -0.15) is 0 Å². The number of hydrogen-bond donors (Lipinski definition) is 2. The second-order valence-electron chi connectivity index (χ2n) is 4.86. The third kappa shape index (κ3) is 4.90. The molecular weight excluding hydrogens is 396 g/mol. The van der Waals surface area contributed by atoms with E-state index in [2.05, 4.69) is 26.8 Å². The summed E-state index contributed by atoms with van der Waals surface area (Å²) in [7, 11) is -3.53. The molecule has 0 aliphatic rings. The summed E-state index contributed by atoms with van der Waals surface area (Å²) in [6.07, 6.45) is -0.256. The standard InChI is InChI=1S/C16H15BrN2O4S/c17-14-9-5-4-8-13(14)16(21)19-18-15(20)10-11-24(22,23)12-6-2-1-3-7-12/h1-9H,10-11H2,(H,18,20)(H,19,21). The van der Waals surface area contributed by atoms with Crippen molar-refractivity contribution in [2.24, 2.45) is 0 Å². The molecule has 8 heteroatoms. The maximum atomic E-state index is 12.1. The molecule has 6 nitrogen and oxygen atoms in total. The highest BCUT2D eigenvalue weighted by atomic mass is 79.9. The van der Waals surface area contributed by atoms with Crippen LogP contribution in [0.25, 0.3) is 0 Å². The normalized spacial score (nSPS) is 10.9. The zero-order valence-electron chi connectivity index (χ0n) is 12.5. The van der Waals surface area contributed by atoms with E-state index in [0.29, 0.717) is 10.0 Å². The van der Waals surface area contributed by atoms with Gasteiger partial charge in [-0.1, -0.05) is 30.3 Å². The molecule has 0 atom stereocenters. The number of rotatable bonds is 5. The number of nitrogens with one attached hydrogen (secondary N) is 2. The summed E-state index contributed by atoms with van der Waals surface area (Å²) in [6.45, 7) is 0. The van der Waals surface area contributed by atoms with Crippen molar-refractivity contribution in [3.05, 3.63) is 64.6 Å². The maximum Gasteiger partial charge on any atom is 0.270 e. The van der Waals surface area contributed by atoms with Gasteiger partial charge in [0, 0.05) is 10.9 Å².